The summed E-state index contributed by atoms with van der Waals surface area (Å²) >= 11 is 0. The molecule has 0 amide bonds. The van der Waals surface area contributed by atoms with Crippen LogP contribution in [0.2, 0.25) is 6.04 Å². The number of rotatable bonds is 8. The van der Waals surface area contributed by atoms with Crippen LogP contribution in [0.25, 0.3) is 0 Å². The monoisotopic (exact) mass is 262 g/mol. The summed E-state index contributed by atoms with van der Waals surface area (Å²) in [7, 11) is 2.42. The van der Waals surface area contributed by atoms with E-state index in [0.717, 1.165) is 25.1 Å². The quantitative estimate of drug-likeness (QED) is 0.536. The topological polar surface area (TPSA) is 39.7 Å². The predicted molar refractivity (Wildman–Crippen MR) is 72.5 cm³/mol. The van der Waals surface area contributed by atoms with Crippen LogP contribution in [-0.2, 0) is 13.3 Å². The van der Waals surface area contributed by atoms with Gasteiger partial charge < -0.3 is 0 Å². The molecule has 1 N–H and O–H groups in total. The molecule has 0 saturated heterocycles. The van der Waals surface area contributed by atoms with Gasteiger partial charge in [0.15, 0.2) is 0 Å². The second-order valence-corrected chi connectivity index (χ2v) is 8.50. The third kappa shape index (κ3) is 5.05. The van der Waals surface area contributed by atoms with Crippen molar-refractivity contribution in [3.05, 3.63) is 0 Å². The first-order valence-electron chi connectivity index (χ1n) is 6.80. The van der Waals surface area contributed by atoms with Gasteiger partial charge in [-0.15, -0.1) is 0 Å². The molecule has 1 fully saturated rings. The summed E-state index contributed by atoms with van der Waals surface area (Å²) in [4.78, 5) is 0. The zero-order valence-electron chi connectivity index (χ0n) is 11.5. The van der Waals surface area contributed by atoms with Crippen LogP contribution in [0.5, 0.6) is 0 Å². The first-order valence-corrected chi connectivity index (χ1v) is 9.03. The molecule has 0 unspecified atom stereocenters. The summed E-state index contributed by atoms with van der Waals surface area (Å²) in [5, 5.41) is 3.63. The average Bonchev–Trinajstić information content (AvgIpc) is 2.41. The molecular weight excluding hydrogens is 234 g/mol. The van der Waals surface area contributed by atoms with E-state index in [2.05, 4.69) is 5.32 Å². The fourth-order valence-electron chi connectivity index (χ4n) is 2.61. The average molecular weight is 262 g/mol. The van der Waals surface area contributed by atoms with Gasteiger partial charge in [-0.3, -0.25) is 0 Å². The Bertz CT molecular complexity index is 186. The zero-order chi connectivity index (χ0) is 12.6. The van der Waals surface area contributed by atoms with Gasteiger partial charge in [0.1, 0.15) is 0 Å². The van der Waals surface area contributed by atoms with Gasteiger partial charge in [0, 0.05) is 0 Å². The van der Waals surface area contributed by atoms with Crippen molar-refractivity contribution in [2.24, 2.45) is 0 Å². The van der Waals surface area contributed by atoms with Crippen LogP contribution in [0.15, 0.2) is 0 Å². The summed E-state index contributed by atoms with van der Waals surface area (Å²) in [5.41, 5.74) is 0. The van der Waals surface area contributed by atoms with Crippen molar-refractivity contribution >= 4 is 8.80 Å². The molecule has 1 aliphatic carbocycles. The zero-order valence-corrected chi connectivity index (χ0v) is 12.7. The summed E-state index contributed by atoms with van der Waals surface area (Å²) in [6.45, 7) is 1.04. The van der Waals surface area contributed by atoms with Crippen molar-refractivity contribution in [1.82, 2.24) is 5.32 Å². The Labute approximate surface area is 106 Å². The third-order valence-corrected chi connectivity index (χ3v) is 7.12. The van der Waals surface area contributed by atoms with E-state index in [-0.39, 0.29) is 0 Å². The van der Waals surface area contributed by atoms with Gasteiger partial charge in [0.05, 0.1) is 0 Å². The van der Waals surface area contributed by atoms with Crippen LogP contribution >= 0.6 is 0 Å². The Balaban J connectivity index is 2.13. The van der Waals surface area contributed by atoms with E-state index in [1.165, 1.54) is 32.1 Å². The fraction of sp³-hybridized carbons (Fsp3) is 1.00. The van der Waals surface area contributed by atoms with Crippen LogP contribution in [0, 0.1) is 0 Å². The molecule has 0 spiro atoms. The molecule has 1 aliphatic rings. The van der Waals surface area contributed by atoms with Gasteiger partial charge in [0.25, 0.3) is 0 Å². The Hall–Kier alpha value is 0.0569. The summed E-state index contributed by atoms with van der Waals surface area (Å²) in [6, 6.07) is 1.65. The van der Waals surface area contributed by atoms with Gasteiger partial charge in [-0.05, 0) is 0 Å². The summed E-state index contributed by atoms with van der Waals surface area (Å²) in [6.07, 6.45) is 7.91. The molecule has 1 saturated carbocycles. The first-order chi connectivity index (χ1) is 8.26. The van der Waals surface area contributed by atoms with Gasteiger partial charge in [-0.1, -0.05) is 0 Å². The van der Waals surface area contributed by atoms with Crippen molar-refractivity contribution in [2.45, 2.75) is 50.6 Å². The molecule has 1 rings (SSSR count). The Morgan fingerprint density at radius 3 is 2.12 bits per heavy atom. The number of nitrogens with one attached hydrogen (secondary N) is 1. The SMILES string of the molecule is CO[SiH-](CCCNC1CCCCC1)(OC)OC. The van der Waals surface area contributed by atoms with Crippen molar-refractivity contribution in [1.29, 1.82) is 0 Å². The van der Waals surface area contributed by atoms with Crippen molar-refractivity contribution < 1.29 is 13.3 Å². The predicted octanol–water partition coefficient (Wildman–Crippen LogP) is 1.91. The molecule has 0 bridgehead atoms. The second-order valence-electron chi connectivity index (χ2n) is 4.93. The molecule has 5 heteroatoms. The molecule has 17 heavy (non-hydrogen) atoms. The normalized spacial score (nSPS) is 19.5. The second kappa shape index (κ2) is 8.21. The molecule has 0 aliphatic heterocycles. The molecule has 0 radical (unpaired) electrons. The van der Waals surface area contributed by atoms with E-state index < -0.39 is 8.80 Å². The Kier molecular flexibility index (Phi) is 7.30. The minimum absolute atomic E-state index is 0.732. The molecule has 104 valence electrons. The van der Waals surface area contributed by atoms with E-state index in [1.54, 1.807) is 21.3 Å². The Morgan fingerprint density at radius 2 is 1.59 bits per heavy atom. The number of hydrogen-bond acceptors (Lipinski definition) is 4. The maximum atomic E-state index is 5.42. The molecule has 0 aromatic heterocycles. The van der Waals surface area contributed by atoms with Gasteiger partial charge in [0.2, 0.25) is 0 Å². The van der Waals surface area contributed by atoms with Crippen LogP contribution in [-0.4, -0.2) is 42.7 Å². The summed E-state index contributed by atoms with van der Waals surface area (Å²) in [5.74, 6) is 0. The Morgan fingerprint density at radius 1 is 1.00 bits per heavy atom. The molecule has 0 aromatic rings. The van der Waals surface area contributed by atoms with E-state index in [4.69, 9.17) is 13.3 Å². The first kappa shape index (κ1) is 15.1. The van der Waals surface area contributed by atoms with Crippen LogP contribution in [0.3, 0.4) is 0 Å². The van der Waals surface area contributed by atoms with Crippen LogP contribution in [0.1, 0.15) is 38.5 Å². The van der Waals surface area contributed by atoms with Gasteiger partial charge in [-0.25, -0.2) is 0 Å². The van der Waals surface area contributed by atoms with Crippen molar-refractivity contribution in [2.75, 3.05) is 27.9 Å². The van der Waals surface area contributed by atoms with E-state index >= 15 is 0 Å². The van der Waals surface area contributed by atoms with Gasteiger partial charge in [-0.2, -0.15) is 0 Å². The number of hydrogen-bond donors (Lipinski definition) is 1. The van der Waals surface area contributed by atoms with Crippen LogP contribution in [0.4, 0.5) is 0 Å². The molecule has 4 nitrogen and oxygen atoms in total. The van der Waals surface area contributed by atoms with Gasteiger partial charge >= 0.3 is 106 Å². The van der Waals surface area contributed by atoms with Crippen molar-refractivity contribution in [3.63, 3.8) is 0 Å². The molecule has 0 heterocycles. The molecular formula is C12H28NO3Si-. The summed E-state index contributed by atoms with van der Waals surface area (Å²) < 4.78 is 16.3. The van der Waals surface area contributed by atoms with Crippen molar-refractivity contribution in [3.8, 4) is 0 Å². The van der Waals surface area contributed by atoms with E-state index in [1.807, 2.05) is 0 Å². The molecule has 0 aromatic carbocycles. The van der Waals surface area contributed by atoms with E-state index in [0.29, 0.717) is 0 Å². The fourth-order valence-corrected chi connectivity index (χ4v) is 4.60. The van der Waals surface area contributed by atoms with Crippen LogP contribution < -0.4 is 5.32 Å². The maximum absolute atomic E-state index is 5.42. The standard InChI is InChI=1S/C12H28NO3Si/c1-14-17(15-2,16-3)11-7-10-13-12-8-5-4-6-9-12/h12-13,17H,4-11H2,1-3H3/q-1. The minimum atomic E-state index is -2.64. The van der Waals surface area contributed by atoms with E-state index in [9.17, 15) is 0 Å². The molecule has 0 atom stereocenters. The third-order valence-electron chi connectivity index (χ3n) is 3.85.